The molecule has 1 aromatic carbocycles. The van der Waals surface area contributed by atoms with Crippen LogP contribution in [-0.2, 0) is 14.8 Å². The lowest BCUT2D eigenvalue weighted by Crippen LogP contribution is -2.18. The lowest BCUT2D eigenvalue weighted by atomic mass is 9.95. The van der Waals surface area contributed by atoms with Crippen molar-refractivity contribution in [3.8, 4) is 0 Å². The number of Topliss-reactive ketones (excluding diaryl/α,β-unsaturated/α-hetero) is 1. The predicted octanol–water partition coefficient (Wildman–Crippen LogP) is 1.68. The zero-order chi connectivity index (χ0) is 13.1. The number of sulfonamides is 1. The largest absolute Gasteiger partial charge is 0.299 e. The summed E-state index contributed by atoms with van der Waals surface area (Å²) >= 11 is 0. The van der Waals surface area contributed by atoms with Gasteiger partial charge in [-0.3, -0.25) is 4.79 Å². The number of carbonyl (C=O) groups is 1. The van der Waals surface area contributed by atoms with Crippen LogP contribution in [0, 0.1) is 0 Å². The Morgan fingerprint density at radius 2 is 1.82 bits per heavy atom. The Kier molecular flexibility index (Phi) is 4.42. The first kappa shape index (κ1) is 13.9. The molecule has 0 aliphatic carbocycles. The van der Waals surface area contributed by atoms with E-state index in [2.05, 4.69) is 4.72 Å². The molecule has 0 aliphatic heterocycles. The Balaban J connectivity index is 3.00. The monoisotopic (exact) mass is 255 g/mol. The van der Waals surface area contributed by atoms with E-state index >= 15 is 0 Å². The van der Waals surface area contributed by atoms with Crippen molar-refractivity contribution in [1.29, 1.82) is 0 Å². The number of rotatable bonds is 5. The van der Waals surface area contributed by atoms with Gasteiger partial charge >= 0.3 is 0 Å². The number of carbonyl (C=O) groups excluding carboxylic acids is 1. The Morgan fingerprint density at radius 1 is 1.29 bits per heavy atom. The highest BCUT2D eigenvalue weighted by molar-refractivity contribution is 7.89. The predicted molar refractivity (Wildman–Crippen MR) is 66.4 cm³/mol. The number of nitrogens with one attached hydrogen (secondary N) is 1. The summed E-state index contributed by atoms with van der Waals surface area (Å²) < 4.78 is 25.2. The van der Waals surface area contributed by atoms with Crippen molar-refractivity contribution in [2.45, 2.75) is 31.1 Å². The van der Waals surface area contributed by atoms with Gasteiger partial charge < -0.3 is 0 Å². The van der Waals surface area contributed by atoms with Crippen LogP contribution in [0.2, 0.25) is 0 Å². The van der Waals surface area contributed by atoms with Crippen LogP contribution in [0.15, 0.2) is 29.2 Å². The maximum atomic E-state index is 11.5. The van der Waals surface area contributed by atoms with E-state index in [0.717, 1.165) is 5.56 Å². The van der Waals surface area contributed by atoms with Gasteiger partial charge in [0.15, 0.2) is 0 Å². The molecule has 0 amide bonds. The third kappa shape index (κ3) is 3.14. The fraction of sp³-hybridized carbons (Fsp3) is 0.417. The van der Waals surface area contributed by atoms with Crippen LogP contribution in [-0.4, -0.2) is 21.2 Å². The Morgan fingerprint density at radius 3 is 2.24 bits per heavy atom. The fourth-order valence-corrected chi connectivity index (χ4v) is 2.28. The minimum Gasteiger partial charge on any atom is -0.299 e. The summed E-state index contributed by atoms with van der Waals surface area (Å²) in [4.78, 5) is 11.7. The van der Waals surface area contributed by atoms with Crippen molar-refractivity contribution in [3.63, 3.8) is 0 Å². The van der Waals surface area contributed by atoms with E-state index in [0.29, 0.717) is 6.42 Å². The van der Waals surface area contributed by atoms with Gasteiger partial charge in [0.1, 0.15) is 5.78 Å². The zero-order valence-electron chi connectivity index (χ0n) is 10.2. The lowest BCUT2D eigenvalue weighted by molar-refractivity contribution is -0.119. The van der Waals surface area contributed by atoms with Gasteiger partial charge in [0.2, 0.25) is 10.0 Å². The van der Waals surface area contributed by atoms with Crippen molar-refractivity contribution in [2.75, 3.05) is 7.05 Å². The molecule has 1 atom stereocenters. The van der Waals surface area contributed by atoms with Crippen LogP contribution in [0.3, 0.4) is 0 Å². The maximum absolute atomic E-state index is 11.5. The van der Waals surface area contributed by atoms with Crippen molar-refractivity contribution in [1.82, 2.24) is 4.72 Å². The molecule has 5 heteroatoms. The highest BCUT2D eigenvalue weighted by Crippen LogP contribution is 2.19. The van der Waals surface area contributed by atoms with E-state index < -0.39 is 10.0 Å². The van der Waals surface area contributed by atoms with Gasteiger partial charge in [-0.2, -0.15) is 0 Å². The molecule has 0 saturated carbocycles. The van der Waals surface area contributed by atoms with Crippen LogP contribution in [0.4, 0.5) is 0 Å². The van der Waals surface area contributed by atoms with Crippen molar-refractivity contribution in [3.05, 3.63) is 29.8 Å². The number of ketones is 1. The second kappa shape index (κ2) is 5.42. The first-order valence-electron chi connectivity index (χ1n) is 5.48. The molecule has 0 saturated heterocycles. The van der Waals surface area contributed by atoms with Gasteiger partial charge in [-0.15, -0.1) is 0 Å². The Hall–Kier alpha value is -1.20. The van der Waals surface area contributed by atoms with Gasteiger partial charge in [-0.05, 0) is 24.7 Å². The first-order valence-corrected chi connectivity index (χ1v) is 6.97. The molecule has 94 valence electrons. The van der Waals surface area contributed by atoms with Crippen molar-refractivity contribution >= 4 is 15.8 Å². The van der Waals surface area contributed by atoms with Crippen LogP contribution in [0.1, 0.15) is 31.7 Å². The molecule has 0 bridgehead atoms. The molecule has 17 heavy (non-hydrogen) atoms. The third-order valence-electron chi connectivity index (χ3n) is 2.79. The van der Waals surface area contributed by atoms with Crippen LogP contribution >= 0.6 is 0 Å². The second-order valence-corrected chi connectivity index (χ2v) is 5.70. The summed E-state index contributed by atoms with van der Waals surface area (Å²) in [6.07, 6.45) is 0.484. The summed E-state index contributed by atoms with van der Waals surface area (Å²) in [6, 6.07) is 6.39. The molecule has 0 fully saturated rings. The number of hydrogen-bond donors (Lipinski definition) is 1. The average molecular weight is 255 g/mol. The standard InChI is InChI=1S/C12H17NO3S/c1-4-12(14)9(2)10-5-7-11(8-6-10)17(15,16)13-3/h5-9,13H,4H2,1-3H3. The Labute approximate surface area is 102 Å². The van der Waals surface area contributed by atoms with Crippen LogP contribution < -0.4 is 4.72 Å². The molecular formula is C12H17NO3S. The van der Waals surface area contributed by atoms with E-state index in [1.54, 1.807) is 12.1 Å². The van der Waals surface area contributed by atoms with Crippen molar-refractivity contribution in [2.24, 2.45) is 0 Å². The van der Waals surface area contributed by atoms with E-state index in [9.17, 15) is 13.2 Å². The summed E-state index contributed by atoms with van der Waals surface area (Å²) in [6.45, 7) is 3.64. The fourth-order valence-electron chi connectivity index (χ4n) is 1.55. The van der Waals surface area contributed by atoms with E-state index in [1.165, 1.54) is 19.2 Å². The van der Waals surface area contributed by atoms with E-state index in [1.807, 2.05) is 13.8 Å². The smallest absolute Gasteiger partial charge is 0.240 e. The average Bonchev–Trinajstić information content (AvgIpc) is 2.37. The lowest BCUT2D eigenvalue weighted by Gasteiger charge is -2.10. The number of benzene rings is 1. The maximum Gasteiger partial charge on any atom is 0.240 e. The zero-order valence-corrected chi connectivity index (χ0v) is 11.0. The molecule has 0 spiro atoms. The van der Waals surface area contributed by atoms with Crippen LogP contribution in [0.25, 0.3) is 0 Å². The summed E-state index contributed by atoms with van der Waals surface area (Å²) in [7, 11) is -2.03. The minimum atomic E-state index is -3.40. The molecule has 1 N–H and O–H groups in total. The third-order valence-corrected chi connectivity index (χ3v) is 4.22. The van der Waals surface area contributed by atoms with Crippen LogP contribution in [0.5, 0.6) is 0 Å². The minimum absolute atomic E-state index is 0.147. The van der Waals surface area contributed by atoms with Gasteiger partial charge in [-0.25, -0.2) is 13.1 Å². The summed E-state index contributed by atoms with van der Waals surface area (Å²) in [5.41, 5.74) is 0.840. The van der Waals surface area contributed by atoms with Gasteiger partial charge in [-0.1, -0.05) is 26.0 Å². The summed E-state index contributed by atoms with van der Waals surface area (Å²) in [5.74, 6) is -0.0411. The highest BCUT2D eigenvalue weighted by atomic mass is 32.2. The first-order chi connectivity index (χ1) is 7.92. The highest BCUT2D eigenvalue weighted by Gasteiger charge is 2.15. The van der Waals surface area contributed by atoms with Gasteiger partial charge in [0.25, 0.3) is 0 Å². The molecule has 1 rings (SSSR count). The molecule has 0 radical (unpaired) electrons. The summed E-state index contributed by atoms with van der Waals surface area (Å²) in [5, 5.41) is 0. The molecule has 1 unspecified atom stereocenters. The molecule has 0 aromatic heterocycles. The van der Waals surface area contributed by atoms with E-state index in [4.69, 9.17) is 0 Å². The molecule has 1 aromatic rings. The SMILES string of the molecule is CCC(=O)C(C)c1ccc(S(=O)(=O)NC)cc1. The van der Waals surface area contributed by atoms with Crippen molar-refractivity contribution < 1.29 is 13.2 Å². The number of hydrogen-bond acceptors (Lipinski definition) is 3. The molecule has 4 nitrogen and oxygen atoms in total. The van der Waals surface area contributed by atoms with Gasteiger partial charge in [0.05, 0.1) is 4.90 Å². The molecular weight excluding hydrogens is 238 g/mol. The quantitative estimate of drug-likeness (QED) is 0.870. The topological polar surface area (TPSA) is 63.2 Å². The van der Waals surface area contributed by atoms with E-state index in [-0.39, 0.29) is 16.6 Å². The second-order valence-electron chi connectivity index (χ2n) is 3.82. The molecule has 0 aliphatic rings. The normalized spacial score (nSPS) is 13.4. The van der Waals surface area contributed by atoms with Gasteiger partial charge in [0, 0.05) is 12.3 Å². The Bertz CT molecular complexity index is 491. The molecule has 0 heterocycles.